The first-order chi connectivity index (χ1) is 12.5. The number of benzene rings is 1. The van der Waals surface area contributed by atoms with Gasteiger partial charge in [-0.1, -0.05) is 6.07 Å². The lowest BCUT2D eigenvalue weighted by Gasteiger charge is -2.40. The molecule has 1 N–H and O–H groups in total. The first-order valence-electron chi connectivity index (χ1n) is 9.14. The van der Waals surface area contributed by atoms with Crippen LogP contribution in [-0.2, 0) is 9.59 Å². The molecule has 0 aliphatic carbocycles. The lowest BCUT2D eigenvalue weighted by atomic mass is 10.1. The molecule has 0 aromatic heterocycles. The van der Waals surface area contributed by atoms with Gasteiger partial charge in [-0.05, 0) is 31.0 Å². The van der Waals surface area contributed by atoms with Crippen LogP contribution in [-0.4, -0.2) is 73.3 Å². The van der Waals surface area contributed by atoms with Crippen molar-refractivity contribution in [3.63, 3.8) is 0 Å². The SMILES string of the molecule is CNC(=O)[C@H]1CN(C(=O)c2cccc(N3CCCC3)c2)CCN1C(C)=O. The number of piperazine rings is 1. The zero-order valence-corrected chi connectivity index (χ0v) is 15.4. The second-order valence-corrected chi connectivity index (χ2v) is 6.84. The van der Waals surface area contributed by atoms with Gasteiger partial charge in [0.05, 0.1) is 6.54 Å². The molecule has 0 spiro atoms. The summed E-state index contributed by atoms with van der Waals surface area (Å²) in [6.45, 7) is 4.51. The summed E-state index contributed by atoms with van der Waals surface area (Å²) < 4.78 is 0. The van der Waals surface area contributed by atoms with Gasteiger partial charge >= 0.3 is 0 Å². The van der Waals surface area contributed by atoms with Gasteiger partial charge in [0, 0.05) is 51.4 Å². The highest BCUT2D eigenvalue weighted by Crippen LogP contribution is 2.22. The molecule has 3 amide bonds. The van der Waals surface area contributed by atoms with Crippen molar-refractivity contribution in [3.8, 4) is 0 Å². The third-order valence-corrected chi connectivity index (χ3v) is 5.19. The number of carbonyl (C=O) groups is 3. The summed E-state index contributed by atoms with van der Waals surface area (Å²) in [5.74, 6) is -0.492. The molecule has 1 aromatic rings. The van der Waals surface area contributed by atoms with Crippen molar-refractivity contribution in [2.75, 3.05) is 44.7 Å². The third kappa shape index (κ3) is 3.66. The van der Waals surface area contributed by atoms with Crippen molar-refractivity contribution < 1.29 is 14.4 Å². The summed E-state index contributed by atoms with van der Waals surface area (Å²) >= 11 is 0. The van der Waals surface area contributed by atoms with Gasteiger partial charge in [-0.2, -0.15) is 0 Å². The molecule has 2 fully saturated rings. The van der Waals surface area contributed by atoms with Crippen molar-refractivity contribution in [1.82, 2.24) is 15.1 Å². The molecule has 0 bridgehead atoms. The van der Waals surface area contributed by atoms with Gasteiger partial charge in [0.25, 0.3) is 5.91 Å². The largest absolute Gasteiger partial charge is 0.372 e. The Bertz CT molecular complexity index is 700. The highest BCUT2D eigenvalue weighted by atomic mass is 16.2. The molecule has 7 nitrogen and oxygen atoms in total. The fourth-order valence-corrected chi connectivity index (χ4v) is 3.73. The van der Waals surface area contributed by atoms with Crippen LogP contribution in [0.15, 0.2) is 24.3 Å². The maximum absolute atomic E-state index is 13.0. The summed E-state index contributed by atoms with van der Waals surface area (Å²) in [5, 5.41) is 2.59. The lowest BCUT2D eigenvalue weighted by molar-refractivity contribution is -0.141. The minimum atomic E-state index is -0.642. The molecule has 7 heteroatoms. The van der Waals surface area contributed by atoms with Gasteiger partial charge in [0.2, 0.25) is 11.8 Å². The first kappa shape index (κ1) is 18.2. The second kappa shape index (κ2) is 7.76. The van der Waals surface area contributed by atoms with E-state index in [2.05, 4.69) is 10.2 Å². The van der Waals surface area contributed by atoms with Crippen LogP contribution in [0.5, 0.6) is 0 Å². The van der Waals surface area contributed by atoms with Gasteiger partial charge in [0.15, 0.2) is 0 Å². The first-order valence-corrected chi connectivity index (χ1v) is 9.14. The molecule has 2 saturated heterocycles. The molecule has 140 valence electrons. The van der Waals surface area contributed by atoms with Crippen molar-refractivity contribution in [1.29, 1.82) is 0 Å². The van der Waals surface area contributed by atoms with E-state index in [4.69, 9.17) is 0 Å². The van der Waals surface area contributed by atoms with Crippen LogP contribution in [0, 0.1) is 0 Å². The van der Waals surface area contributed by atoms with E-state index in [0.29, 0.717) is 18.7 Å². The Morgan fingerprint density at radius 3 is 2.46 bits per heavy atom. The Kier molecular flexibility index (Phi) is 5.44. The minimum absolute atomic E-state index is 0.0943. The number of amides is 3. The van der Waals surface area contributed by atoms with E-state index >= 15 is 0 Å². The van der Waals surface area contributed by atoms with Crippen molar-refractivity contribution in [3.05, 3.63) is 29.8 Å². The molecule has 2 aliphatic rings. The van der Waals surface area contributed by atoms with Crippen molar-refractivity contribution in [2.45, 2.75) is 25.8 Å². The summed E-state index contributed by atoms with van der Waals surface area (Å²) in [5.41, 5.74) is 1.69. The molecule has 0 radical (unpaired) electrons. The number of hydrogen-bond donors (Lipinski definition) is 1. The van der Waals surface area contributed by atoms with Crippen molar-refractivity contribution in [2.24, 2.45) is 0 Å². The molecule has 2 aliphatic heterocycles. The molecular weight excluding hydrogens is 332 g/mol. The molecule has 1 atom stereocenters. The Morgan fingerprint density at radius 1 is 1.08 bits per heavy atom. The third-order valence-electron chi connectivity index (χ3n) is 5.19. The Balaban J connectivity index is 1.76. The number of rotatable bonds is 3. The Labute approximate surface area is 153 Å². The predicted octanol–water partition coefficient (Wildman–Crippen LogP) is 0.706. The van der Waals surface area contributed by atoms with E-state index in [9.17, 15) is 14.4 Å². The highest BCUT2D eigenvalue weighted by molar-refractivity contribution is 5.96. The quantitative estimate of drug-likeness (QED) is 0.864. The average Bonchev–Trinajstić information content (AvgIpc) is 3.21. The molecule has 1 aromatic carbocycles. The lowest BCUT2D eigenvalue weighted by Crippen LogP contribution is -2.60. The molecule has 2 heterocycles. The number of nitrogens with one attached hydrogen (secondary N) is 1. The van der Waals surface area contributed by atoms with Crippen LogP contribution in [0.2, 0.25) is 0 Å². The molecule has 3 rings (SSSR count). The zero-order chi connectivity index (χ0) is 18.7. The fraction of sp³-hybridized carbons (Fsp3) is 0.526. The number of carbonyl (C=O) groups excluding carboxylic acids is 3. The minimum Gasteiger partial charge on any atom is -0.372 e. The number of hydrogen-bond acceptors (Lipinski definition) is 4. The molecule has 0 unspecified atom stereocenters. The average molecular weight is 358 g/mol. The maximum atomic E-state index is 13.0. The van der Waals surface area contributed by atoms with E-state index in [0.717, 1.165) is 18.8 Å². The fourth-order valence-electron chi connectivity index (χ4n) is 3.73. The van der Waals surface area contributed by atoms with Crippen LogP contribution in [0.3, 0.4) is 0 Å². The Hall–Kier alpha value is -2.57. The van der Waals surface area contributed by atoms with Crippen molar-refractivity contribution >= 4 is 23.4 Å². The number of likely N-dealkylation sites (N-methyl/N-ethyl adjacent to an activating group) is 1. The van der Waals surface area contributed by atoms with E-state index in [1.165, 1.54) is 24.7 Å². The smallest absolute Gasteiger partial charge is 0.254 e. The predicted molar refractivity (Wildman–Crippen MR) is 99.0 cm³/mol. The van der Waals surface area contributed by atoms with Gasteiger partial charge in [-0.15, -0.1) is 0 Å². The van der Waals surface area contributed by atoms with E-state index in [-0.39, 0.29) is 24.3 Å². The van der Waals surface area contributed by atoms with Crippen LogP contribution in [0.1, 0.15) is 30.1 Å². The topological polar surface area (TPSA) is 73.0 Å². The second-order valence-electron chi connectivity index (χ2n) is 6.84. The molecular formula is C19H26N4O3. The molecule has 0 saturated carbocycles. The normalized spacial score (nSPS) is 20.2. The standard InChI is InChI=1S/C19H26N4O3/c1-14(24)23-11-10-22(13-17(23)18(25)20-2)19(26)15-6-5-7-16(12-15)21-8-3-4-9-21/h5-7,12,17H,3-4,8-11,13H2,1-2H3,(H,20,25)/t17-/m1/s1. The summed E-state index contributed by atoms with van der Waals surface area (Å²) in [6.07, 6.45) is 2.36. The molecule has 26 heavy (non-hydrogen) atoms. The monoisotopic (exact) mass is 358 g/mol. The number of nitrogens with zero attached hydrogens (tertiary/aromatic N) is 3. The van der Waals surface area contributed by atoms with Gasteiger partial charge in [-0.3, -0.25) is 14.4 Å². The van der Waals surface area contributed by atoms with E-state index < -0.39 is 6.04 Å². The van der Waals surface area contributed by atoms with Crippen LogP contribution >= 0.6 is 0 Å². The van der Waals surface area contributed by atoms with Crippen LogP contribution in [0.4, 0.5) is 5.69 Å². The van der Waals surface area contributed by atoms with E-state index in [1.54, 1.807) is 11.9 Å². The zero-order valence-electron chi connectivity index (χ0n) is 15.4. The summed E-state index contributed by atoms with van der Waals surface area (Å²) in [4.78, 5) is 42.4. The van der Waals surface area contributed by atoms with Gasteiger partial charge < -0.3 is 20.0 Å². The number of anilines is 1. The van der Waals surface area contributed by atoms with Gasteiger partial charge in [-0.25, -0.2) is 0 Å². The Morgan fingerprint density at radius 2 is 1.81 bits per heavy atom. The van der Waals surface area contributed by atoms with E-state index in [1.807, 2.05) is 24.3 Å². The van der Waals surface area contributed by atoms with Crippen LogP contribution in [0.25, 0.3) is 0 Å². The maximum Gasteiger partial charge on any atom is 0.254 e. The summed E-state index contributed by atoms with van der Waals surface area (Å²) in [6, 6.07) is 7.04. The summed E-state index contributed by atoms with van der Waals surface area (Å²) in [7, 11) is 1.54. The van der Waals surface area contributed by atoms with Gasteiger partial charge in [0.1, 0.15) is 6.04 Å². The highest BCUT2D eigenvalue weighted by Gasteiger charge is 2.35. The van der Waals surface area contributed by atoms with Crippen LogP contribution < -0.4 is 10.2 Å².